The Kier molecular flexibility index (Phi) is 5.29. The number of piperidine rings is 1. The van der Waals surface area contributed by atoms with Crippen LogP contribution in [0.15, 0.2) is 24.5 Å². The summed E-state index contributed by atoms with van der Waals surface area (Å²) in [6.07, 6.45) is 5.51. The molecule has 0 spiro atoms. The van der Waals surface area contributed by atoms with Crippen LogP contribution in [0.1, 0.15) is 18.4 Å². The zero-order valence-electron chi connectivity index (χ0n) is 14.7. The summed E-state index contributed by atoms with van der Waals surface area (Å²) in [6, 6.07) is 4.13. The molecule has 0 aromatic carbocycles. The number of hydrogen-bond acceptors (Lipinski definition) is 5. The van der Waals surface area contributed by atoms with E-state index >= 15 is 0 Å². The van der Waals surface area contributed by atoms with Crippen molar-refractivity contribution in [3.8, 4) is 0 Å². The number of ether oxygens (including phenoxy) is 2. The minimum atomic E-state index is 0.0980. The number of hydrogen-bond donors (Lipinski definition) is 0. The monoisotopic (exact) mass is 345 g/mol. The van der Waals surface area contributed by atoms with Crippen LogP contribution >= 0.6 is 0 Å². The van der Waals surface area contributed by atoms with Crippen molar-refractivity contribution in [1.29, 1.82) is 0 Å². The van der Waals surface area contributed by atoms with Crippen LogP contribution in [-0.2, 0) is 20.8 Å². The number of carbonyl (C=O) groups is 1. The molecule has 136 valence electrons. The summed E-state index contributed by atoms with van der Waals surface area (Å²) in [5.41, 5.74) is 1.26. The van der Waals surface area contributed by atoms with Crippen LogP contribution in [-0.4, -0.2) is 72.8 Å². The Morgan fingerprint density at radius 3 is 2.96 bits per heavy atom. The molecule has 3 saturated heterocycles. The molecule has 3 aliphatic rings. The molecule has 1 aromatic rings. The van der Waals surface area contributed by atoms with E-state index in [0.29, 0.717) is 31.5 Å². The lowest BCUT2D eigenvalue weighted by Gasteiger charge is -2.36. The first-order valence-electron chi connectivity index (χ1n) is 9.38. The van der Waals surface area contributed by atoms with E-state index < -0.39 is 0 Å². The van der Waals surface area contributed by atoms with Crippen molar-refractivity contribution >= 4 is 5.91 Å². The number of fused-ring (bicyclic) bond motifs is 1. The maximum Gasteiger partial charge on any atom is 0.225 e. The second kappa shape index (κ2) is 7.81. The van der Waals surface area contributed by atoms with Crippen molar-refractivity contribution in [2.45, 2.75) is 25.5 Å². The summed E-state index contributed by atoms with van der Waals surface area (Å²) in [4.78, 5) is 21.1. The third kappa shape index (κ3) is 4.02. The molecular weight excluding hydrogens is 318 g/mol. The maximum atomic E-state index is 12.5. The Hall–Kier alpha value is -1.50. The zero-order chi connectivity index (χ0) is 17.1. The molecule has 0 bridgehead atoms. The summed E-state index contributed by atoms with van der Waals surface area (Å²) in [5.74, 6) is 1.30. The first-order valence-corrected chi connectivity index (χ1v) is 9.38. The highest BCUT2D eigenvalue weighted by Gasteiger charge is 2.41. The third-order valence-corrected chi connectivity index (χ3v) is 5.75. The highest BCUT2D eigenvalue weighted by atomic mass is 16.5. The van der Waals surface area contributed by atoms with Gasteiger partial charge in [0.2, 0.25) is 5.91 Å². The summed E-state index contributed by atoms with van der Waals surface area (Å²) >= 11 is 0. The molecule has 1 aromatic heterocycles. The average Bonchev–Trinajstić information content (AvgIpc) is 3.05. The van der Waals surface area contributed by atoms with E-state index in [-0.39, 0.29) is 12.0 Å². The molecule has 4 rings (SSSR count). The van der Waals surface area contributed by atoms with E-state index in [1.807, 2.05) is 23.4 Å². The van der Waals surface area contributed by atoms with Crippen molar-refractivity contribution in [3.63, 3.8) is 0 Å². The second-order valence-corrected chi connectivity index (χ2v) is 7.38. The van der Waals surface area contributed by atoms with Gasteiger partial charge in [-0.05, 0) is 30.5 Å². The summed E-state index contributed by atoms with van der Waals surface area (Å²) in [7, 11) is 0. The minimum absolute atomic E-state index is 0.0980. The van der Waals surface area contributed by atoms with E-state index in [1.54, 1.807) is 0 Å². The predicted molar refractivity (Wildman–Crippen MR) is 92.9 cm³/mol. The van der Waals surface area contributed by atoms with Gasteiger partial charge in [-0.2, -0.15) is 0 Å². The maximum absolute atomic E-state index is 12.5. The standard InChI is InChI=1S/C19H27N3O3/c23-19(22-6-8-24-9-7-22)10-18-17-3-5-21(13-16(17)14-25-18)12-15-2-1-4-20-11-15/h1-2,4,11,16-18H,3,5-10,12-14H2/t16-,17-,18-/m1/s1. The van der Waals surface area contributed by atoms with E-state index in [2.05, 4.69) is 16.0 Å². The average molecular weight is 345 g/mol. The zero-order valence-corrected chi connectivity index (χ0v) is 14.7. The van der Waals surface area contributed by atoms with Gasteiger partial charge in [0.15, 0.2) is 0 Å². The smallest absolute Gasteiger partial charge is 0.225 e. The van der Waals surface area contributed by atoms with Gasteiger partial charge >= 0.3 is 0 Å². The molecular formula is C19H27N3O3. The number of aromatic nitrogens is 1. The molecule has 6 heteroatoms. The molecule has 0 aliphatic carbocycles. The highest BCUT2D eigenvalue weighted by molar-refractivity contribution is 5.76. The van der Waals surface area contributed by atoms with Crippen molar-refractivity contribution in [1.82, 2.24) is 14.8 Å². The molecule has 3 atom stereocenters. The molecule has 4 heterocycles. The molecule has 0 N–H and O–H groups in total. The largest absolute Gasteiger partial charge is 0.378 e. The number of likely N-dealkylation sites (tertiary alicyclic amines) is 1. The Balaban J connectivity index is 1.29. The van der Waals surface area contributed by atoms with E-state index in [1.165, 1.54) is 5.56 Å². The van der Waals surface area contributed by atoms with Gasteiger partial charge in [0.1, 0.15) is 0 Å². The van der Waals surface area contributed by atoms with Crippen LogP contribution < -0.4 is 0 Å². The van der Waals surface area contributed by atoms with Crippen molar-refractivity contribution in [2.75, 3.05) is 46.0 Å². The quantitative estimate of drug-likeness (QED) is 0.820. The molecule has 3 fully saturated rings. The van der Waals surface area contributed by atoms with Crippen LogP contribution in [0.2, 0.25) is 0 Å². The summed E-state index contributed by atoms with van der Waals surface area (Å²) < 4.78 is 11.4. The number of amides is 1. The van der Waals surface area contributed by atoms with Gasteiger partial charge in [0.05, 0.1) is 32.3 Å². The normalized spacial score (nSPS) is 30.2. The number of rotatable bonds is 4. The van der Waals surface area contributed by atoms with Crippen LogP contribution in [0.25, 0.3) is 0 Å². The van der Waals surface area contributed by atoms with Gasteiger partial charge in [0, 0.05) is 44.5 Å². The fraction of sp³-hybridized carbons (Fsp3) is 0.684. The number of nitrogens with zero attached hydrogens (tertiary/aromatic N) is 3. The van der Waals surface area contributed by atoms with Crippen LogP contribution in [0.5, 0.6) is 0 Å². The second-order valence-electron chi connectivity index (χ2n) is 7.38. The lowest BCUT2D eigenvalue weighted by Crippen LogP contribution is -2.44. The Morgan fingerprint density at radius 1 is 1.28 bits per heavy atom. The fourth-order valence-electron chi connectivity index (χ4n) is 4.38. The van der Waals surface area contributed by atoms with Gasteiger partial charge in [-0.15, -0.1) is 0 Å². The van der Waals surface area contributed by atoms with E-state index in [0.717, 1.165) is 45.8 Å². The van der Waals surface area contributed by atoms with Crippen molar-refractivity contribution in [3.05, 3.63) is 30.1 Å². The van der Waals surface area contributed by atoms with Crippen molar-refractivity contribution in [2.24, 2.45) is 11.8 Å². The molecule has 0 unspecified atom stereocenters. The predicted octanol–water partition coefficient (Wildman–Crippen LogP) is 1.17. The van der Waals surface area contributed by atoms with E-state index in [9.17, 15) is 4.79 Å². The molecule has 25 heavy (non-hydrogen) atoms. The Morgan fingerprint density at radius 2 is 2.16 bits per heavy atom. The first kappa shape index (κ1) is 16.9. The number of pyridine rings is 1. The topological polar surface area (TPSA) is 54.9 Å². The third-order valence-electron chi connectivity index (χ3n) is 5.75. The Bertz CT molecular complexity index is 577. The molecule has 0 saturated carbocycles. The first-order chi connectivity index (χ1) is 12.3. The Labute approximate surface area is 149 Å². The van der Waals surface area contributed by atoms with Crippen LogP contribution in [0, 0.1) is 11.8 Å². The SMILES string of the molecule is O=C(C[C@H]1OC[C@H]2CN(Cc3cccnc3)CC[C@H]21)N1CCOCC1. The van der Waals surface area contributed by atoms with Gasteiger partial charge in [-0.1, -0.05) is 6.07 Å². The van der Waals surface area contributed by atoms with Crippen molar-refractivity contribution < 1.29 is 14.3 Å². The van der Waals surface area contributed by atoms with Gasteiger partial charge in [-0.3, -0.25) is 14.7 Å². The van der Waals surface area contributed by atoms with Gasteiger partial charge < -0.3 is 14.4 Å². The number of carbonyl (C=O) groups excluding carboxylic acids is 1. The van der Waals surface area contributed by atoms with Gasteiger partial charge in [-0.25, -0.2) is 0 Å². The van der Waals surface area contributed by atoms with Crippen LogP contribution in [0.3, 0.4) is 0 Å². The molecule has 3 aliphatic heterocycles. The molecule has 6 nitrogen and oxygen atoms in total. The summed E-state index contributed by atoms with van der Waals surface area (Å²) in [5, 5.41) is 0. The molecule has 1 amide bonds. The van der Waals surface area contributed by atoms with Gasteiger partial charge in [0.25, 0.3) is 0 Å². The summed E-state index contributed by atoms with van der Waals surface area (Å²) in [6.45, 7) is 6.63. The van der Waals surface area contributed by atoms with Crippen LogP contribution in [0.4, 0.5) is 0 Å². The lowest BCUT2D eigenvalue weighted by atomic mass is 9.83. The number of morpholine rings is 1. The highest BCUT2D eigenvalue weighted by Crippen LogP contribution is 2.36. The fourth-order valence-corrected chi connectivity index (χ4v) is 4.38. The molecule has 0 radical (unpaired) electrons. The lowest BCUT2D eigenvalue weighted by molar-refractivity contribution is -0.138. The van der Waals surface area contributed by atoms with E-state index in [4.69, 9.17) is 9.47 Å². The minimum Gasteiger partial charge on any atom is -0.378 e.